The van der Waals surface area contributed by atoms with E-state index >= 15 is 0 Å². The third-order valence-electron chi connectivity index (χ3n) is 6.60. The van der Waals surface area contributed by atoms with Crippen LogP contribution in [0.25, 0.3) is 0 Å². The van der Waals surface area contributed by atoms with Gasteiger partial charge in [0.05, 0.1) is 4.92 Å². The van der Waals surface area contributed by atoms with Crippen molar-refractivity contribution in [3.05, 3.63) is 39.9 Å². The summed E-state index contributed by atoms with van der Waals surface area (Å²) in [5.41, 5.74) is 1.15. The number of hydrogen-bond donors (Lipinski definition) is 0. The molecule has 0 unspecified atom stereocenters. The molecule has 2 saturated heterocycles. The maximum Gasteiger partial charge on any atom is 0.273 e. The summed E-state index contributed by atoms with van der Waals surface area (Å²) in [5, 5.41) is 11.4. The van der Waals surface area contributed by atoms with Crippen molar-refractivity contribution in [1.82, 2.24) is 9.80 Å². The lowest BCUT2D eigenvalue weighted by atomic mass is 9.78. The number of nitro groups is 1. The fourth-order valence-electron chi connectivity index (χ4n) is 5.48. The Hall–Kier alpha value is -1.46. The van der Waals surface area contributed by atoms with Crippen molar-refractivity contribution >= 4 is 5.69 Å². The fraction of sp³-hybridized carbons (Fsp3) is 0.700. The zero-order valence-corrected chi connectivity index (χ0v) is 15.0. The molecule has 1 saturated carbocycles. The molecule has 1 aromatic rings. The van der Waals surface area contributed by atoms with Crippen LogP contribution in [0.4, 0.5) is 5.69 Å². The minimum Gasteiger partial charge on any atom is -0.298 e. The van der Waals surface area contributed by atoms with Gasteiger partial charge in [0.2, 0.25) is 0 Å². The number of hydrogen-bond acceptors (Lipinski definition) is 4. The fourth-order valence-corrected chi connectivity index (χ4v) is 5.48. The van der Waals surface area contributed by atoms with Crippen LogP contribution in [0.2, 0.25) is 0 Å². The van der Waals surface area contributed by atoms with Gasteiger partial charge in [0.15, 0.2) is 0 Å². The van der Waals surface area contributed by atoms with Crippen LogP contribution in [0.15, 0.2) is 24.3 Å². The molecule has 2 atom stereocenters. The standard InChI is InChI=1S/C20H29N3O2/c24-23(25)18-10-5-4-9-17(18)15-22-14-13-21-12-6-11-19(21)20(22)16-7-2-1-3-8-16/h4-5,9-10,16,19-20H,1-3,6-8,11-15H2/t19-,20+/m0/s1. The lowest BCUT2D eigenvalue weighted by molar-refractivity contribution is -0.385. The summed E-state index contributed by atoms with van der Waals surface area (Å²) in [5.74, 6) is 0.766. The maximum absolute atomic E-state index is 11.4. The summed E-state index contributed by atoms with van der Waals surface area (Å²) in [6, 6.07) is 8.54. The van der Waals surface area contributed by atoms with Gasteiger partial charge in [0, 0.05) is 43.3 Å². The Morgan fingerprint density at radius 1 is 1.00 bits per heavy atom. The Balaban J connectivity index is 1.59. The van der Waals surface area contributed by atoms with E-state index in [4.69, 9.17) is 0 Å². The molecule has 2 heterocycles. The Morgan fingerprint density at radius 2 is 1.80 bits per heavy atom. The minimum absolute atomic E-state index is 0.225. The molecule has 0 radical (unpaired) electrons. The van der Waals surface area contributed by atoms with Gasteiger partial charge in [0.25, 0.3) is 5.69 Å². The van der Waals surface area contributed by atoms with E-state index in [-0.39, 0.29) is 10.6 Å². The molecule has 5 heteroatoms. The lowest BCUT2D eigenvalue weighted by Gasteiger charge is -2.49. The quantitative estimate of drug-likeness (QED) is 0.616. The van der Waals surface area contributed by atoms with Gasteiger partial charge in [-0.15, -0.1) is 0 Å². The molecule has 0 bridgehead atoms. The SMILES string of the molecule is O=[N+]([O-])c1ccccc1CN1CCN2CCC[C@H]2[C@H]1C1CCCCC1. The molecule has 0 aromatic heterocycles. The first-order chi connectivity index (χ1) is 12.2. The Labute approximate surface area is 150 Å². The van der Waals surface area contributed by atoms with E-state index in [0.717, 1.165) is 31.1 Å². The van der Waals surface area contributed by atoms with Crippen LogP contribution < -0.4 is 0 Å². The van der Waals surface area contributed by atoms with Crippen molar-refractivity contribution in [3.63, 3.8) is 0 Å². The molecule has 4 rings (SSSR count). The third kappa shape index (κ3) is 3.44. The first kappa shape index (κ1) is 17.0. The van der Waals surface area contributed by atoms with Crippen LogP contribution in [-0.2, 0) is 6.54 Å². The van der Waals surface area contributed by atoms with Crippen LogP contribution >= 0.6 is 0 Å². The van der Waals surface area contributed by atoms with E-state index in [1.165, 1.54) is 51.5 Å². The minimum atomic E-state index is -0.225. The first-order valence-electron chi connectivity index (χ1n) is 9.94. The van der Waals surface area contributed by atoms with E-state index in [9.17, 15) is 10.1 Å². The van der Waals surface area contributed by atoms with Gasteiger partial charge in [-0.3, -0.25) is 19.9 Å². The third-order valence-corrected chi connectivity index (χ3v) is 6.60. The van der Waals surface area contributed by atoms with Crippen molar-refractivity contribution in [1.29, 1.82) is 0 Å². The number of para-hydroxylation sites is 1. The molecule has 0 amide bonds. The van der Waals surface area contributed by atoms with Crippen molar-refractivity contribution in [3.8, 4) is 0 Å². The summed E-state index contributed by atoms with van der Waals surface area (Å²) in [6.07, 6.45) is 9.37. The molecule has 0 N–H and O–H groups in total. The van der Waals surface area contributed by atoms with Crippen LogP contribution in [-0.4, -0.2) is 46.4 Å². The Bertz CT molecular complexity index is 615. The second-order valence-corrected chi connectivity index (χ2v) is 7.99. The summed E-state index contributed by atoms with van der Waals surface area (Å²) < 4.78 is 0. The van der Waals surface area contributed by atoms with Gasteiger partial charge in [-0.1, -0.05) is 37.5 Å². The van der Waals surface area contributed by atoms with Crippen LogP contribution in [0, 0.1) is 16.0 Å². The predicted molar refractivity (Wildman–Crippen MR) is 98.5 cm³/mol. The zero-order chi connectivity index (χ0) is 17.2. The lowest BCUT2D eigenvalue weighted by Crippen LogP contribution is -2.59. The van der Waals surface area contributed by atoms with Crippen molar-refractivity contribution in [2.24, 2.45) is 5.92 Å². The first-order valence-corrected chi connectivity index (χ1v) is 9.94. The molecule has 5 nitrogen and oxygen atoms in total. The summed E-state index contributed by atoms with van der Waals surface area (Å²) in [4.78, 5) is 16.5. The summed E-state index contributed by atoms with van der Waals surface area (Å²) in [7, 11) is 0. The van der Waals surface area contributed by atoms with Gasteiger partial charge in [-0.05, 0) is 38.1 Å². The number of nitrogens with zero attached hydrogens (tertiary/aromatic N) is 3. The highest BCUT2D eigenvalue weighted by atomic mass is 16.6. The number of fused-ring (bicyclic) bond motifs is 1. The van der Waals surface area contributed by atoms with E-state index in [1.807, 2.05) is 12.1 Å². The molecule has 1 aromatic carbocycles. The predicted octanol–water partition coefficient (Wildman–Crippen LogP) is 3.82. The summed E-state index contributed by atoms with van der Waals surface area (Å²) >= 11 is 0. The Morgan fingerprint density at radius 3 is 2.60 bits per heavy atom. The van der Waals surface area contributed by atoms with E-state index in [2.05, 4.69) is 9.80 Å². The molecule has 3 fully saturated rings. The number of nitro benzene ring substituents is 1. The molecule has 25 heavy (non-hydrogen) atoms. The smallest absolute Gasteiger partial charge is 0.273 e. The van der Waals surface area contributed by atoms with Crippen LogP contribution in [0.1, 0.15) is 50.5 Å². The van der Waals surface area contributed by atoms with E-state index in [0.29, 0.717) is 12.1 Å². The molecular formula is C20H29N3O2. The second kappa shape index (κ2) is 7.42. The molecule has 136 valence electrons. The van der Waals surface area contributed by atoms with Gasteiger partial charge in [0.1, 0.15) is 0 Å². The monoisotopic (exact) mass is 343 g/mol. The number of piperazine rings is 1. The van der Waals surface area contributed by atoms with Crippen molar-refractivity contribution in [2.45, 2.75) is 63.6 Å². The van der Waals surface area contributed by atoms with Gasteiger partial charge >= 0.3 is 0 Å². The normalized spacial score (nSPS) is 28.8. The second-order valence-electron chi connectivity index (χ2n) is 7.99. The van der Waals surface area contributed by atoms with Gasteiger partial charge in [-0.2, -0.15) is 0 Å². The largest absolute Gasteiger partial charge is 0.298 e. The van der Waals surface area contributed by atoms with Crippen molar-refractivity contribution < 1.29 is 4.92 Å². The highest BCUT2D eigenvalue weighted by Gasteiger charge is 2.43. The van der Waals surface area contributed by atoms with Crippen molar-refractivity contribution in [2.75, 3.05) is 19.6 Å². The average molecular weight is 343 g/mol. The van der Waals surface area contributed by atoms with Gasteiger partial charge in [-0.25, -0.2) is 0 Å². The highest BCUT2D eigenvalue weighted by molar-refractivity contribution is 5.39. The molecular weight excluding hydrogens is 314 g/mol. The van der Waals surface area contributed by atoms with E-state index in [1.54, 1.807) is 12.1 Å². The summed E-state index contributed by atoms with van der Waals surface area (Å²) in [6.45, 7) is 4.13. The topological polar surface area (TPSA) is 49.6 Å². The van der Waals surface area contributed by atoms with Crippen LogP contribution in [0.5, 0.6) is 0 Å². The number of benzene rings is 1. The molecule has 0 spiro atoms. The molecule has 1 aliphatic carbocycles. The molecule has 2 aliphatic heterocycles. The zero-order valence-electron chi connectivity index (χ0n) is 15.0. The maximum atomic E-state index is 11.4. The highest BCUT2D eigenvalue weighted by Crippen LogP contribution is 2.38. The molecule has 3 aliphatic rings. The Kier molecular flexibility index (Phi) is 5.04. The van der Waals surface area contributed by atoms with Crippen LogP contribution in [0.3, 0.4) is 0 Å². The van der Waals surface area contributed by atoms with E-state index < -0.39 is 0 Å². The number of rotatable bonds is 4. The van der Waals surface area contributed by atoms with Gasteiger partial charge < -0.3 is 0 Å². The average Bonchev–Trinajstić information content (AvgIpc) is 3.11.